The van der Waals surface area contributed by atoms with E-state index in [0.29, 0.717) is 13.1 Å². The van der Waals surface area contributed by atoms with Crippen molar-refractivity contribution in [1.29, 1.82) is 0 Å². The largest absolute Gasteiger partial charge is 0.395 e. The zero-order valence-corrected chi connectivity index (χ0v) is 19.8. The molecule has 0 bridgehead atoms. The van der Waals surface area contributed by atoms with Crippen molar-refractivity contribution < 1.29 is 15.3 Å². The molecule has 0 rings (SSSR count). The first-order chi connectivity index (χ1) is 14.2. The lowest BCUT2D eigenvalue weighted by Gasteiger charge is -2.32. The second kappa shape index (κ2) is 22.5. The molecule has 0 heterocycles. The van der Waals surface area contributed by atoms with Crippen LogP contribution < -0.4 is 0 Å². The summed E-state index contributed by atoms with van der Waals surface area (Å²) in [5, 5.41) is 28.5. The van der Waals surface area contributed by atoms with E-state index in [9.17, 15) is 15.3 Å². The minimum atomic E-state index is -0.426. The fraction of sp³-hybridized carbons (Fsp3) is 1.00. The van der Waals surface area contributed by atoms with Crippen molar-refractivity contribution in [2.75, 3.05) is 26.3 Å². The zero-order valence-electron chi connectivity index (χ0n) is 19.8. The predicted molar refractivity (Wildman–Crippen MR) is 125 cm³/mol. The molecule has 176 valence electrons. The Labute approximate surface area is 182 Å². The minimum absolute atomic E-state index is 0.0425. The van der Waals surface area contributed by atoms with E-state index in [-0.39, 0.29) is 19.3 Å². The fourth-order valence-corrected chi connectivity index (χ4v) is 4.33. The van der Waals surface area contributed by atoms with Gasteiger partial charge in [0.1, 0.15) is 0 Å². The van der Waals surface area contributed by atoms with Gasteiger partial charge in [-0.15, -0.1) is 0 Å². The van der Waals surface area contributed by atoms with Crippen LogP contribution in [0.2, 0.25) is 0 Å². The molecule has 0 saturated heterocycles. The maximum atomic E-state index is 10.1. The van der Waals surface area contributed by atoms with Crippen LogP contribution in [0.1, 0.15) is 123 Å². The second-order valence-corrected chi connectivity index (χ2v) is 8.88. The van der Waals surface area contributed by atoms with Crippen molar-refractivity contribution in [3.63, 3.8) is 0 Å². The van der Waals surface area contributed by atoms with Gasteiger partial charge in [-0.1, -0.05) is 110 Å². The van der Waals surface area contributed by atoms with Crippen LogP contribution in [-0.2, 0) is 0 Å². The van der Waals surface area contributed by atoms with Crippen LogP contribution in [0.4, 0.5) is 0 Å². The summed E-state index contributed by atoms with van der Waals surface area (Å²) in [6.07, 6.45) is 22.4. The summed E-state index contributed by atoms with van der Waals surface area (Å²) in [5.74, 6) is 0. The monoisotopic (exact) mass is 415 g/mol. The number of rotatable bonds is 23. The molecular weight excluding hydrogens is 362 g/mol. The fourth-order valence-electron chi connectivity index (χ4n) is 4.33. The smallest absolute Gasteiger partial charge is 0.0667 e. The Balaban J connectivity index is 3.50. The number of aliphatic hydroxyl groups excluding tert-OH is 3. The molecule has 0 aromatic carbocycles. The maximum Gasteiger partial charge on any atom is 0.0667 e. The Morgan fingerprint density at radius 1 is 0.586 bits per heavy atom. The average Bonchev–Trinajstić information content (AvgIpc) is 2.70. The highest BCUT2D eigenvalue weighted by Gasteiger charge is 2.21. The molecule has 0 amide bonds. The van der Waals surface area contributed by atoms with E-state index in [1.165, 1.54) is 96.3 Å². The normalized spacial score (nSPS) is 13.9. The molecule has 0 aliphatic carbocycles. The highest BCUT2D eigenvalue weighted by molar-refractivity contribution is 4.76. The Morgan fingerprint density at radius 3 is 1.24 bits per heavy atom. The number of unbranched alkanes of at least 4 members (excludes halogenated alkanes) is 15. The van der Waals surface area contributed by atoms with E-state index in [1.54, 1.807) is 0 Å². The third-order valence-corrected chi connectivity index (χ3v) is 6.15. The quantitative estimate of drug-likeness (QED) is 0.188. The van der Waals surface area contributed by atoms with Crippen LogP contribution in [0, 0.1) is 0 Å². The Bertz CT molecular complexity index is 306. The van der Waals surface area contributed by atoms with Gasteiger partial charge in [-0.3, -0.25) is 4.90 Å². The third kappa shape index (κ3) is 18.3. The molecule has 4 heteroatoms. The highest BCUT2D eigenvalue weighted by Crippen LogP contribution is 2.17. The summed E-state index contributed by atoms with van der Waals surface area (Å²) in [6, 6.07) is 0.0425. The van der Waals surface area contributed by atoms with Crippen LogP contribution in [0.15, 0.2) is 0 Å². The molecule has 2 atom stereocenters. The molecule has 3 N–H and O–H groups in total. The van der Waals surface area contributed by atoms with E-state index < -0.39 is 6.10 Å². The summed E-state index contributed by atoms with van der Waals surface area (Å²) in [7, 11) is 0. The number of hydrogen-bond acceptors (Lipinski definition) is 4. The van der Waals surface area contributed by atoms with E-state index >= 15 is 0 Å². The molecule has 4 nitrogen and oxygen atoms in total. The van der Waals surface area contributed by atoms with Gasteiger partial charge in [-0.25, -0.2) is 0 Å². The van der Waals surface area contributed by atoms with E-state index in [4.69, 9.17) is 0 Å². The molecule has 0 aliphatic heterocycles. The number of hydrogen-bond donors (Lipinski definition) is 3. The SMILES string of the molecule is CCCCCCCCCCCCCCCCCCC(C(C)O)N(CCO)CCO. The van der Waals surface area contributed by atoms with Gasteiger partial charge in [0.2, 0.25) is 0 Å². The van der Waals surface area contributed by atoms with Crippen molar-refractivity contribution in [2.24, 2.45) is 0 Å². The lowest BCUT2D eigenvalue weighted by Crippen LogP contribution is -2.45. The Hall–Kier alpha value is -0.160. The van der Waals surface area contributed by atoms with Crippen molar-refractivity contribution in [2.45, 2.75) is 135 Å². The summed E-state index contributed by atoms with van der Waals surface area (Å²) >= 11 is 0. The molecule has 0 saturated carbocycles. The van der Waals surface area contributed by atoms with E-state index in [2.05, 4.69) is 6.92 Å². The van der Waals surface area contributed by atoms with Gasteiger partial charge in [-0.05, 0) is 13.3 Å². The van der Waals surface area contributed by atoms with E-state index in [1.807, 2.05) is 11.8 Å². The Morgan fingerprint density at radius 2 is 0.931 bits per heavy atom. The van der Waals surface area contributed by atoms with Gasteiger partial charge in [0.25, 0.3) is 0 Å². The molecule has 0 aromatic heterocycles. The zero-order chi connectivity index (χ0) is 21.6. The first kappa shape index (κ1) is 28.8. The molecule has 0 fully saturated rings. The van der Waals surface area contributed by atoms with Crippen molar-refractivity contribution in [3.8, 4) is 0 Å². The lowest BCUT2D eigenvalue weighted by atomic mass is 10.0. The van der Waals surface area contributed by atoms with Gasteiger partial charge in [-0.2, -0.15) is 0 Å². The van der Waals surface area contributed by atoms with Crippen LogP contribution in [0.3, 0.4) is 0 Å². The molecule has 29 heavy (non-hydrogen) atoms. The Kier molecular flexibility index (Phi) is 22.4. The first-order valence-corrected chi connectivity index (χ1v) is 12.8. The predicted octanol–water partition coefficient (Wildman–Crippen LogP) is 5.67. The average molecular weight is 416 g/mol. The number of nitrogens with zero attached hydrogens (tertiary/aromatic N) is 1. The minimum Gasteiger partial charge on any atom is -0.395 e. The van der Waals surface area contributed by atoms with Gasteiger partial charge in [0.05, 0.1) is 19.3 Å². The van der Waals surface area contributed by atoms with Crippen molar-refractivity contribution in [1.82, 2.24) is 4.90 Å². The van der Waals surface area contributed by atoms with Crippen LogP contribution >= 0.6 is 0 Å². The van der Waals surface area contributed by atoms with Crippen LogP contribution in [0.25, 0.3) is 0 Å². The summed E-state index contributed by atoms with van der Waals surface area (Å²) in [4.78, 5) is 2.02. The first-order valence-electron chi connectivity index (χ1n) is 12.8. The van der Waals surface area contributed by atoms with Gasteiger partial charge >= 0.3 is 0 Å². The number of aliphatic hydroxyl groups is 3. The summed E-state index contributed by atoms with van der Waals surface area (Å²) < 4.78 is 0. The molecule has 0 aromatic rings. The molecular formula is C25H53NO3. The molecule has 0 spiro atoms. The summed E-state index contributed by atoms with van der Waals surface area (Å²) in [5.41, 5.74) is 0. The van der Waals surface area contributed by atoms with Gasteiger partial charge < -0.3 is 15.3 Å². The van der Waals surface area contributed by atoms with Crippen molar-refractivity contribution >= 4 is 0 Å². The van der Waals surface area contributed by atoms with Gasteiger partial charge in [0.15, 0.2) is 0 Å². The van der Waals surface area contributed by atoms with Crippen LogP contribution in [0.5, 0.6) is 0 Å². The lowest BCUT2D eigenvalue weighted by molar-refractivity contribution is 0.0342. The van der Waals surface area contributed by atoms with Crippen molar-refractivity contribution in [3.05, 3.63) is 0 Å². The van der Waals surface area contributed by atoms with Gasteiger partial charge in [0, 0.05) is 19.1 Å². The third-order valence-electron chi connectivity index (χ3n) is 6.15. The second-order valence-electron chi connectivity index (χ2n) is 8.88. The molecule has 2 unspecified atom stereocenters. The summed E-state index contributed by atoms with van der Waals surface area (Å²) in [6.45, 7) is 5.29. The standard InChI is InChI=1S/C25H53NO3/c1-3-4-5-6-7-8-9-10-11-12-13-14-15-16-17-18-19-25(24(2)29)26(20-22-27)21-23-28/h24-25,27-29H,3-23H2,1-2H3. The highest BCUT2D eigenvalue weighted by atomic mass is 16.3. The maximum absolute atomic E-state index is 10.1. The molecule has 0 aliphatic rings. The topological polar surface area (TPSA) is 63.9 Å². The van der Waals surface area contributed by atoms with E-state index in [0.717, 1.165) is 12.8 Å². The van der Waals surface area contributed by atoms with Crippen LogP contribution in [-0.4, -0.2) is 58.7 Å². The molecule has 0 radical (unpaired) electrons.